The molecule has 0 aliphatic carbocycles. The molecule has 19 heteroatoms. The molecule has 0 aromatic rings. The van der Waals surface area contributed by atoms with Gasteiger partial charge >= 0.3 is 39.5 Å². The first-order chi connectivity index (χ1) is 39.4. The van der Waals surface area contributed by atoms with E-state index in [1.54, 1.807) is 0 Å². The zero-order valence-corrected chi connectivity index (χ0v) is 54.0. The third-order valence-corrected chi connectivity index (χ3v) is 15.7. The monoisotopic (exact) mass is 1210 g/mol. The Hall–Kier alpha value is -2.46. The number of ether oxygens (including phenoxy) is 4. The van der Waals surface area contributed by atoms with Crippen molar-refractivity contribution < 1.29 is 80.2 Å². The van der Waals surface area contributed by atoms with E-state index in [2.05, 4.69) is 65.8 Å². The van der Waals surface area contributed by atoms with E-state index in [-0.39, 0.29) is 25.7 Å². The molecule has 0 aliphatic heterocycles. The number of hydrogen-bond acceptors (Lipinski definition) is 15. The van der Waals surface area contributed by atoms with Crippen LogP contribution in [0.25, 0.3) is 0 Å². The van der Waals surface area contributed by atoms with Gasteiger partial charge in [-0.1, -0.05) is 233 Å². The summed E-state index contributed by atoms with van der Waals surface area (Å²) in [5.41, 5.74) is 0. The van der Waals surface area contributed by atoms with Crippen LogP contribution in [0.2, 0.25) is 0 Å². The van der Waals surface area contributed by atoms with Crippen molar-refractivity contribution in [2.75, 3.05) is 39.6 Å². The fraction of sp³-hybridized carbons (Fsp3) is 0.873. The fourth-order valence-electron chi connectivity index (χ4n) is 8.81. The number of aliphatic hydroxyl groups excluding tert-OH is 1. The molecule has 0 aliphatic rings. The van der Waals surface area contributed by atoms with Crippen molar-refractivity contribution in [2.24, 2.45) is 11.8 Å². The number of esters is 4. The molecule has 3 N–H and O–H groups in total. The molecule has 0 spiro atoms. The Bertz CT molecular complexity index is 1710. The maximum absolute atomic E-state index is 13.0. The average Bonchev–Trinajstić information content (AvgIpc) is 3.43. The van der Waals surface area contributed by atoms with Crippen LogP contribution in [0.1, 0.15) is 286 Å². The number of aliphatic hydroxyl groups is 1. The van der Waals surface area contributed by atoms with E-state index < -0.39 is 97.5 Å². The minimum absolute atomic E-state index is 0.0840. The van der Waals surface area contributed by atoms with E-state index in [1.165, 1.54) is 77.0 Å². The van der Waals surface area contributed by atoms with E-state index in [4.69, 9.17) is 37.0 Å². The van der Waals surface area contributed by atoms with Crippen molar-refractivity contribution in [1.29, 1.82) is 0 Å². The summed E-state index contributed by atoms with van der Waals surface area (Å²) in [6.07, 6.45) is 40.2. The van der Waals surface area contributed by atoms with Crippen molar-refractivity contribution in [3.05, 3.63) is 24.3 Å². The first kappa shape index (κ1) is 79.5. The Morgan fingerprint density at radius 1 is 0.378 bits per heavy atom. The van der Waals surface area contributed by atoms with E-state index >= 15 is 0 Å². The standard InChI is InChI=1S/C63H118O17P2/c1-7-9-11-13-14-15-16-17-18-19-20-21-29-35-41-47-62(67)80-59(52-74-61(66)46-40-34-28-24-22-26-32-37-43-55(3)4)54-78-82(71,72)76-50-57(64)49-75-81(69,70)77-53-58(51-73-60(65)45-39-31-12-10-8-2)79-63(68)48-42-36-30-25-23-27-33-38-44-56(5)6/h15-18,55-59,64H,7-14,19-54H2,1-6H3,(H,69,70)(H,71,72)/b16-15-,18-17-/t57-,58+,59+/m0/s1. The fourth-order valence-corrected chi connectivity index (χ4v) is 10.4. The molecule has 0 rings (SSSR count). The van der Waals surface area contributed by atoms with E-state index in [0.29, 0.717) is 25.7 Å². The molecule has 0 amide bonds. The molecule has 0 heterocycles. The van der Waals surface area contributed by atoms with Gasteiger partial charge in [-0.05, 0) is 63.2 Å². The Balaban J connectivity index is 5.22. The Morgan fingerprint density at radius 2 is 0.659 bits per heavy atom. The predicted octanol–water partition coefficient (Wildman–Crippen LogP) is 16.8. The first-order valence-corrected chi connectivity index (χ1v) is 35.3. The summed E-state index contributed by atoms with van der Waals surface area (Å²) in [5, 5.41) is 10.5. The lowest BCUT2D eigenvalue weighted by atomic mass is 10.0. The lowest BCUT2D eigenvalue weighted by molar-refractivity contribution is -0.161. The molecular weight excluding hydrogens is 1090 g/mol. The van der Waals surface area contributed by atoms with Crippen LogP contribution in [0.15, 0.2) is 24.3 Å². The van der Waals surface area contributed by atoms with Gasteiger partial charge in [-0.25, -0.2) is 9.13 Å². The van der Waals surface area contributed by atoms with Crippen LogP contribution in [-0.2, 0) is 65.4 Å². The van der Waals surface area contributed by atoms with Crippen LogP contribution in [0.4, 0.5) is 0 Å². The molecule has 17 nitrogen and oxygen atoms in total. The number of carbonyl (C=O) groups excluding carboxylic acids is 4. The molecule has 0 fully saturated rings. The highest BCUT2D eigenvalue weighted by molar-refractivity contribution is 7.47. The van der Waals surface area contributed by atoms with Crippen molar-refractivity contribution in [3.63, 3.8) is 0 Å². The van der Waals surface area contributed by atoms with E-state index in [1.807, 2.05) is 0 Å². The minimum Gasteiger partial charge on any atom is -0.462 e. The molecule has 0 bridgehead atoms. The van der Waals surface area contributed by atoms with Gasteiger partial charge in [0.1, 0.15) is 19.3 Å². The molecular formula is C63H118O17P2. The zero-order valence-electron chi connectivity index (χ0n) is 52.3. The van der Waals surface area contributed by atoms with Crippen LogP contribution in [-0.4, -0.2) is 96.7 Å². The lowest BCUT2D eigenvalue weighted by Gasteiger charge is -2.21. The summed E-state index contributed by atoms with van der Waals surface area (Å²) >= 11 is 0. The topological polar surface area (TPSA) is 237 Å². The van der Waals surface area contributed by atoms with Crippen LogP contribution in [0.3, 0.4) is 0 Å². The van der Waals surface area contributed by atoms with Crippen molar-refractivity contribution in [2.45, 2.75) is 304 Å². The Kier molecular flexibility index (Phi) is 53.5. The molecule has 2 unspecified atom stereocenters. The summed E-state index contributed by atoms with van der Waals surface area (Å²) in [4.78, 5) is 71.9. The summed E-state index contributed by atoms with van der Waals surface area (Å²) in [6.45, 7) is 9.25. The van der Waals surface area contributed by atoms with Crippen molar-refractivity contribution >= 4 is 39.5 Å². The Morgan fingerprint density at radius 3 is 1.00 bits per heavy atom. The smallest absolute Gasteiger partial charge is 0.462 e. The highest BCUT2D eigenvalue weighted by Gasteiger charge is 2.30. The number of allylic oxidation sites excluding steroid dienone is 4. The van der Waals surface area contributed by atoms with Gasteiger partial charge in [0.15, 0.2) is 12.2 Å². The van der Waals surface area contributed by atoms with Gasteiger partial charge in [0.2, 0.25) is 0 Å². The summed E-state index contributed by atoms with van der Waals surface area (Å²) in [6, 6.07) is 0. The minimum atomic E-state index is -4.95. The summed E-state index contributed by atoms with van der Waals surface area (Å²) in [7, 11) is -9.89. The molecule has 482 valence electrons. The summed E-state index contributed by atoms with van der Waals surface area (Å²) in [5.74, 6) is -0.739. The highest BCUT2D eigenvalue weighted by atomic mass is 31.2. The maximum atomic E-state index is 13.0. The highest BCUT2D eigenvalue weighted by Crippen LogP contribution is 2.45. The molecule has 0 saturated heterocycles. The van der Waals surface area contributed by atoms with Crippen molar-refractivity contribution in [3.8, 4) is 0 Å². The van der Waals surface area contributed by atoms with Crippen LogP contribution in [0.5, 0.6) is 0 Å². The van der Waals surface area contributed by atoms with Gasteiger partial charge in [0.25, 0.3) is 0 Å². The second kappa shape index (κ2) is 55.1. The van der Waals surface area contributed by atoms with Gasteiger partial charge in [-0.15, -0.1) is 0 Å². The van der Waals surface area contributed by atoms with Gasteiger partial charge in [-0.3, -0.25) is 37.3 Å². The number of hydrogen-bond donors (Lipinski definition) is 3. The third kappa shape index (κ3) is 56.7. The predicted molar refractivity (Wildman–Crippen MR) is 326 cm³/mol. The van der Waals surface area contributed by atoms with Gasteiger partial charge in [0.05, 0.1) is 26.4 Å². The molecule has 0 saturated carbocycles. The molecule has 0 aromatic heterocycles. The van der Waals surface area contributed by atoms with Crippen LogP contribution in [0, 0.1) is 11.8 Å². The lowest BCUT2D eigenvalue weighted by Crippen LogP contribution is -2.30. The second-order valence-electron chi connectivity index (χ2n) is 23.1. The number of phosphoric acid groups is 2. The molecule has 5 atom stereocenters. The molecule has 0 radical (unpaired) electrons. The SMILES string of the molecule is CCCCCC/C=C\C=C/CCCCCCCC(=O)O[C@H](COC(=O)CCCCCCCCCCC(C)C)COP(=O)(O)OC[C@@H](O)COP(=O)(O)OC[C@@H](COC(=O)CCCCCCC)OC(=O)CCCCCCCCCCC(C)C. The van der Waals surface area contributed by atoms with Crippen LogP contribution >= 0.6 is 15.6 Å². The number of phosphoric ester groups is 2. The number of rotatable bonds is 60. The largest absolute Gasteiger partial charge is 0.472 e. The van der Waals surface area contributed by atoms with Gasteiger partial charge < -0.3 is 33.8 Å². The van der Waals surface area contributed by atoms with Gasteiger partial charge in [0, 0.05) is 25.7 Å². The maximum Gasteiger partial charge on any atom is 0.472 e. The normalized spacial score (nSPS) is 14.5. The number of carbonyl (C=O) groups is 4. The van der Waals surface area contributed by atoms with E-state index in [9.17, 15) is 43.2 Å². The summed E-state index contributed by atoms with van der Waals surface area (Å²) < 4.78 is 67.7. The quantitative estimate of drug-likeness (QED) is 0.0169. The van der Waals surface area contributed by atoms with Gasteiger partial charge in [-0.2, -0.15) is 0 Å². The third-order valence-electron chi connectivity index (χ3n) is 13.8. The molecule has 0 aromatic carbocycles. The molecule has 82 heavy (non-hydrogen) atoms. The number of unbranched alkanes of at least 4 members (excludes halogenated alkanes) is 27. The zero-order chi connectivity index (χ0) is 60.8. The Labute approximate surface area is 497 Å². The average molecular weight is 1210 g/mol. The first-order valence-electron chi connectivity index (χ1n) is 32.3. The van der Waals surface area contributed by atoms with Crippen molar-refractivity contribution in [1.82, 2.24) is 0 Å². The van der Waals surface area contributed by atoms with Crippen LogP contribution < -0.4 is 0 Å². The second-order valence-corrected chi connectivity index (χ2v) is 26.0. The van der Waals surface area contributed by atoms with E-state index in [0.717, 1.165) is 127 Å².